The second kappa shape index (κ2) is 4.32. The summed E-state index contributed by atoms with van der Waals surface area (Å²) in [5.41, 5.74) is 5.72. The lowest BCUT2D eigenvalue weighted by Crippen LogP contribution is -2.39. The molecule has 0 radical (unpaired) electrons. The Morgan fingerprint density at radius 3 is 2.60 bits per heavy atom. The predicted molar refractivity (Wildman–Crippen MR) is 48.9 cm³/mol. The number of rotatable bonds is 2. The fourth-order valence-corrected chi connectivity index (χ4v) is 1.14. The molecule has 0 spiro atoms. The third-order valence-electron chi connectivity index (χ3n) is 1.93. The van der Waals surface area contributed by atoms with Gasteiger partial charge in [0.25, 0.3) is 0 Å². The van der Waals surface area contributed by atoms with Crippen LogP contribution in [0, 0.1) is 11.3 Å². The van der Waals surface area contributed by atoms with Crippen LogP contribution in [0.2, 0.25) is 0 Å². The van der Waals surface area contributed by atoms with Crippen molar-refractivity contribution < 1.29 is 13.2 Å². The average molecular weight is 214 g/mol. The molecule has 2 N–H and O–H groups in total. The molecule has 1 aromatic carbocycles. The molecule has 0 bridgehead atoms. The minimum absolute atomic E-state index is 0.307. The molecule has 1 atom stereocenters. The third kappa shape index (κ3) is 3.26. The molecular weight excluding hydrogens is 205 g/mol. The molecule has 2 nitrogen and oxygen atoms in total. The maximum atomic E-state index is 12.1. The number of halogens is 3. The van der Waals surface area contributed by atoms with Gasteiger partial charge in [-0.05, 0) is 24.1 Å². The zero-order valence-electron chi connectivity index (χ0n) is 7.75. The highest BCUT2D eigenvalue weighted by atomic mass is 19.4. The number of hydrogen-bond acceptors (Lipinski definition) is 2. The number of nitrogens with zero attached hydrogens (tertiary/aromatic N) is 1. The van der Waals surface area contributed by atoms with Gasteiger partial charge < -0.3 is 5.73 Å². The minimum Gasteiger partial charge on any atom is -0.320 e. The molecule has 0 aliphatic rings. The Labute approximate surface area is 85.1 Å². The van der Waals surface area contributed by atoms with E-state index in [0.717, 1.165) is 0 Å². The summed E-state index contributed by atoms with van der Waals surface area (Å²) < 4.78 is 36.4. The zero-order chi connectivity index (χ0) is 11.5. The summed E-state index contributed by atoms with van der Waals surface area (Å²) in [4.78, 5) is 0. The molecule has 0 amide bonds. The summed E-state index contributed by atoms with van der Waals surface area (Å²) in [5, 5.41) is 8.55. The van der Waals surface area contributed by atoms with E-state index >= 15 is 0 Å². The predicted octanol–water partition coefficient (Wildman–Crippen LogP) is 1.99. The number of hydrogen-bond donors (Lipinski definition) is 1. The second-order valence-corrected chi connectivity index (χ2v) is 3.16. The van der Waals surface area contributed by atoms with Crippen LogP contribution in [0.4, 0.5) is 13.2 Å². The maximum Gasteiger partial charge on any atom is 0.403 e. The van der Waals surface area contributed by atoms with Crippen molar-refractivity contribution in [2.45, 2.75) is 18.6 Å². The first-order valence-corrected chi connectivity index (χ1v) is 4.25. The molecule has 0 heterocycles. The molecule has 15 heavy (non-hydrogen) atoms. The molecule has 0 unspecified atom stereocenters. The summed E-state index contributed by atoms with van der Waals surface area (Å²) in [6.07, 6.45) is -4.71. The minimum atomic E-state index is -4.40. The molecule has 0 aliphatic heterocycles. The van der Waals surface area contributed by atoms with Gasteiger partial charge in [0.05, 0.1) is 11.6 Å². The van der Waals surface area contributed by atoms with Crippen molar-refractivity contribution in [1.29, 1.82) is 5.26 Å². The monoisotopic (exact) mass is 214 g/mol. The van der Waals surface area contributed by atoms with Crippen LogP contribution in [0.5, 0.6) is 0 Å². The van der Waals surface area contributed by atoms with Gasteiger partial charge in [-0.25, -0.2) is 0 Å². The van der Waals surface area contributed by atoms with E-state index in [0.29, 0.717) is 11.1 Å². The smallest absolute Gasteiger partial charge is 0.320 e. The molecule has 0 aromatic heterocycles. The lowest BCUT2D eigenvalue weighted by Gasteiger charge is -2.15. The zero-order valence-corrected chi connectivity index (χ0v) is 7.75. The van der Waals surface area contributed by atoms with Crippen LogP contribution in [0.3, 0.4) is 0 Å². The van der Waals surface area contributed by atoms with Crippen LogP contribution in [-0.4, -0.2) is 12.2 Å². The van der Waals surface area contributed by atoms with Crippen molar-refractivity contribution in [3.05, 3.63) is 35.4 Å². The van der Waals surface area contributed by atoms with Crippen LogP contribution in [0.15, 0.2) is 24.3 Å². The van der Waals surface area contributed by atoms with E-state index in [1.807, 2.05) is 6.07 Å². The van der Waals surface area contributed by atoms with Crippen LogP contribution >= 0.6 is 0 Å². The Morgan fingerprint density at radius 2 is 2.07 bits per heavy atom. The Morgan fingerprint density at radius 1 is 1.40 bits per heavy atom. The molecule has 5 heteroatoms. The van der Waals surface area contributed by atoms with E-state index in [1.54, 1.807) is 0 Å². The molecule has 1 aromatic rings. The highest BCUT2D eigenvalue weighted by Crippen LogP contribution is 2.21. The van der Waals surface area contributed by atoms with Gasteiger partial charge in [0.2, 0.25) is 0 Å². The van der Waals surface area contributed by atoms with E-state index < -0.39 is 12.2 Å². The topological polar surface area (TPSA) is 49.8 Å². The summed E-state index contributed by atoms with van der Waals surface area (Å²) >= 11 is 0. The fraction of sp³-hybridized carbons (Fsp3) is 0.300. The number of alkyl halides is 3. The van der Waals surface area contributed by atoms with Crippen LogP contribution < -0.4 is 5.73 Å². The number of nitrogens with two attached hydrogens (primary N) is 1. The van der Waals surface area contributed by atoms with Crippen molar-refractivity contribution in [3.63, 3.8) is 0 Å². The van der Waals surface area contributed by atoms with Gasteiger partial charge in [0.15, 0.2) is 0 Å². The van der Waals surface area contributed by atoms with E-state index in [2.05, 4.69) is 0 Å². The largest absolute Gasteiger partial charge is 0.403 e. The summed E-state index contributed by atoms with van der Waals surface area (Å²) in [5.74, 6) is 0. The van der Waals surface area contributed by atoms with Gasteiger partial charge in [0.1, 0.15) is 6.04 Å². The van der Waals surface area contributed by atoms with Gasteiger partial charge >= 0.3 is 6.18 Å². The van der Waals surface area contributed by atoms with Gasteiger partial charge in [-0.2, -0.15) is 18.4 Å². The van der Waals surface area contributed by atoms with Crippen molar-refractivity contribution in [2.75, 3.05) is 0 Å². The quantitative estimate of drug-likeness (QED) is 0.818. The number of benzene rings is 1. The lowest BCUT2D eigenvalue weighted by atomic mass is 10.0. The third-order valence-corrected chi connectivity index (χ3v) is 1.93. The Hall–Kier alpha value is -1.54. The number of nitriles is 1. The standard InChI is InChI=1S/C10H9F3N2/c11-10(12,13)9(15)5-7-2-1-3-8(4-7)6-14/h1-4,9H,5,15H2/t9-/m0/s1. The van der Waals surface area contributed by atoms with Crippen LogP contribution in [-0.2, 0) is 6.42 Å². The Bertz CT molecular complexity index is 379. The highest BCUT2D eigenvalue weighted by Gasteiger charge is 2.36. The molecule has 1 rings (SSSR count). The molecule has 80 valence electrons. The molecule has 0 aliphatic carbocycles. The summed E-state index contributed by atoms with van der Waals surface area (Å²) in [6, 6.07) is 5.97. The van der Waals surface area contributed by atoms with E-state index in [9.17, 15) is 13.2 Å². The second-order valence-electron chi connectivity index (χ2n) is 3.16. The highest BCUT2D eigenvalue weighted by molar-refractivity contribution is 5.33. The van der Waals surface area contributed by atoms with Gasteiger partial charge in [-0.15, -0.1) is 0 Å². The average Bonchev–Trinajstić information content (AvgIpc) is 2.16. The van der Waals surface area contributed by atoms with Crippen LogP contribution in [0.1, 0.15) is 11.1 Å². The maximum absolute atomic E-state index is 12.1. The van der Waals surface area contributed by atoms with Gasteiger partial charge in [-0.1, -0.05) is 12.1 Å². The van der Waals surface area contributed by atoms with Crippen molar-refractivity contribution >= 4 is 0 Å². The first-order valence-electron chi connectivity index (χ1n) is 4.25. The summed E-state index contributed by atoms with van der Waals surface area (Å²) in [7, 11) is 0. The van der Waals surface area contributed by atoms with Gasteiger partial charge in [0, 0.05) is 0 Å². The van der Waals surface area contributed by atoms with E-state index in [-0.39, 0.29) is 6.42 Å². The normalized spacial score (nSPS) is 13.3. The SMILES string of the molecule is N#Cc1cccc(C[C@H](N)C(F)(F)F)c1. The molecule has 0 saturated heterocycles. The first-order chi connectivity index (χ1) is 6.93. The fourth-order valence-electron chi connectivity index (χ4n) is 1.14. The molecule has 0 fully saturated rings. The first kappa shape index (κ1) is 11.5. The van der Waals surface area contributed by atoms with Crippen LogP contribution in [0.25, 0.3) is 0 Å². The van der Waals surface area contributed by atoms with Crippen molar-refractivity contribution in [3.8, 4) is 6.07 Å². The molecular formula is C10H9F3N2. The lowest BCUT2D eigenvalue weighted by molar-refractivity contribution is -0.147. The Kier molecular flexibility index (Phi) is 3.32. The molecule has 0 saturated carbocycles. The Balaban J connectivity index is 2.78. The van der Waals surface area contributed by atoms with Crippen molar-refractivity contribution in [1.82, 2.24) is 0 Å². The van der Waals surface area contributed by atoms with E-state index in [4.69, 9.17) is 11.0 Å². The van der Waals surface area contributed by atoms with Gasteiger partial charge in [-0.3, -0.25) is 0 Å². The van der Waals surface area contributed by atoms with Crippen molar-refractivity contribution in [2.24, 2.45) is 5.73 Å². The summed E-state index contributed by atoms with van der Waals surface area (Å²) in [6.45, 7) is 0. The van der Waals surface area contributed by atoms with E-state index in [1.165, 1.54) is 24.3 Å².